The number of hydrogen-bond acceptors (Lipinski definition) is 7. The fraction of sp³-hybridized carbons (Fsp3) is 0.455. The summed E-state index contributed by atoms with van der Waals surface area (Å²) in [6.07, 6.45) is 5.69. The highest BCUT2D eigenvalue weighted by Crippen LogP contribution is 2.26. The zero-order valence-electron chi connectivity index (χ0n) is 18.2. The van der Waals surface area contributed by atoms with Crippen LogP contribution < -0.4 is 15.5 Å². The van der Waals surface area contributed by atoms with E-state index in [0.717, 1.165) is 48.1 Å². The van der Waals surface area contributed by atoms with Crippen molar-refractivity contribution < 1.29 is 4.92 Å². The molecule has 2 aromatic heterocycles. The first-order chi connectivity index (χ1) is 14.9. The molecule has 2 N–H and O–H groups in total. The number of rotatable bonds is 7. The van der Waals surface area contributed by atoms with Gasteiger partial charge in [-0.05, 0) is 37.8 Å². The molecule has 1 aliphatic carbocycles. The van der Waals surface area contributed by atoms with Gasteiger partial charge >= 0.3 is 0 Å². The Morgan fingerprint density at radius 3 is 2.55 bits per heavy atom. The van der Waals surface area contributed by atoms with Crippen LogP contribution in [0.1, 0.15) is 31.4 Å². The molecule has 1 aromatic carbocycles. The Bertz CT molecular complexity index is 1070. The summed E-state index contributed by atoms with van der Waals surface area (Å²) in [5.74, 6) is 1.59. The number of hydrogen-bond donors (Lipinski definition) is 2. The number of aromatic nitrogens is 3. The van der Waals surface area contributed by atoms with Gasteiger partial charge in [0, 0.05) is 56.9 Å². The van der Waals surface area contributed by atoms with Gasteiger partial charge in [0.15, 0.2) is 0 Å². The van der Waals surface area contributed by atoms with Crippen molar-refractivity contribution in [2.75, 3.05) is 24.3 Å². The molecule has 1 saturated carbocycles. The van der Waals surface area contributed by atoms with Crippen molar-refractivity contribution in [3.05, 3.63) is 52.3 Å². The minimum absolute atomic E-state index is 0.139. The second-order valence-electron chi connectivity index (χ2n) is 8.41. The smallest absolute Gasteiger partial charge is 0.287 e. The molecule has 2 heterocycles. The lowest BCUT2D eigenvalue weighted by Crippen LogP contribution is -2.37. The Balaban J connectivity index is 1.34. The summed E-state index contributed by atoms with van der Waals surface area (Å²) >= 11 is 0. The van der Waals surface area contributed by atoms with Crippen molar-refractivity contribution in [1.82, 2.24) is 19.9 Å². The molecule has 0 radical (unpaired) electrons. The molecule has 31 heavy (non-hydrogen) atoms. The Hall–Kier alpha value is -3.20. The maximum atomic E-state index is 10.9. The largest absolute Gasteiger partial charge is 0.362 e. The molecule has 0 bridgehead atoms. The van der Waals surface area contributed by atoms with Crippen LogP contribution in [0.3, 0.4) is 0 Å². The van der Waals surface area contributed by atoms with E-state index in [-0.39, 0.29) is 10.6 Å². The second kappa shape index (κ2) is 8.89. The fourth-order valence-electron chi connectivity index (χ4n) is 4.21. The highest BCUT2D eigenvalue weighted by atomic mass is 16.6. The lowest BCUT2D eigenvalue weighted by molar-refractivity contribution is -0.384. The number of fused-ring (bicyclic) bond motifs is 1. The summed E-state index contributed by atoms with van der Waals surface area (Å²) in [7, 11) is 5.84. The van der Waals surface area contributed by atoms with Gasteiger partial charge in [-0.2, -0.15) is 4.98 Å². The van der Waals surface area contributed by atoms with Crippen LogP contribution in [0.25, 0.3) is 10.9 Å². The highest BCUT2D eigenvalue weighted by molar-refractivity contribution is 5.90. The molecule has 0 aliphatic heterocycles. The van der Waals surface area contributed by atoms with Gasteiger partial charge in [0.1, 0.15) is 5.82 Å². The molecule has 4 rings (SSSR count). The van der Waals surface area contributed by atoms with Gasteiger partial charge in [0.25, 0.3) is 5.69 Å². The molecule has 0 spiro atoms. The summed E-state index contributed by atoms with van der Waals surface area (Å²) in [4.78, 5) is 22.1. The van der Waals surface area contributed by atoms with Crippen LogP contribution in [0.5, 0.6) is 0 Å². The van der Waals surface area contributed by atoms with Crippen LogP contribution >= 0.6 is 0 Å². The first-order valence-electron chi connectivity index (χ1n) is 10.6. The number of anilines is 2. The first-order valence-corrected chi connectivity index (χ1v) is 10.6. The van der Waals surface area contributed by atoms with Crippen LogP contribution in [0, 0.1) is 10.1 Å². The van der Waals surface area contributed by atoms with Crippen molar-refractivity contribution in [3.8, 4) is 0 Å². The molecule has 0 amide bonds. The number of nitrogens with one attached hydrogen (secondary N) is 2. The van der Waals surface area contributed by atoms with E-state index >= 15 is 0 Å². The van der Waals surface area contributed by atoms with E-state index in [0.29, 0.717) is 24.6 Å². The summed E-state index contributed by atoms with van der Waals surface area (Å²) < 4.78 is 1.82. The molecule has 9 nitrogen and oxygen atoms in total. The van der Waals surface area contributed by atoms with E-state index in [1.165, 1.54) is 0 Å². The minimum atomic E-state index is -0.350. The topological polar surface area (TPSA) is 101 Å². The summed E-state index contributed by atoms with van der Waals surface area (Å²) in [6.45, 7) is 0.632. The monoisotopic (exact) mass is 423 g/mol. The number of benzene rings is 1. The quantitative estimate of drug-likeness (QED) is 0.443. The van der Waals surface area contributed by atoms with Gasteiger partial charge in [-0.25, -0.2) is 4.98 Å². The van der Waals surface area contributed by atoms with Crippen molar-refractivity contribution in [1.29, 1.82) is 0 Å². The maximum absolute atomic E-state index is 10.9. The highest BCUT2D eigenvalue weighted by Gasteiger charge is 2.22. The number of aryl methyl sites for hydroxylation is 1. The third kappa shape index (κ3) is 4.77. The van der Waals surface area contributed by atoms with Crippen molar-refractivity contribution in [2.24, 2.45) is 7.05 Å². The standard InChI is InChI=1S/C22H29N7O2/c1-27(2)21-19-6-4-5-7-20(19)25-22(26-21)24-16-10-8-15(9-11-16)23-13-17-12-18(29(30)31)14-28(17)3/h4-7,12,14-16,23H,8-11,13H2,1-3H3,(H,24,25,26). The SMILES string of the molecule is CN(C)c1nc(NC2CCC(NCc3cc([N+](=O)[O-])cn3C)CC2)nc2ccccc12. The fourth-order valence-corrected chi connectivity index (χ4v) is 4.21. The van der Waals surface area contributed by atoms with Gasteiger partial charge in [-0.15, -0.1) is 0 Å². The Morgan fingerprint density at radius 1 is 1.16 bits per heavy atom. The Morgan fingerprint density at radius 2 is 1.87 bits per heavy atom. The first kappa shape index (κ1) is 21.0. The molecule has 0 unspecified atom stereocenters. The van der Waals surface area contributed by atoms with E-state index in [1.807, 2.05) is 54.9 Å². The lowest BCUT2D eigenvalue weighted by Gasteiger charge is -2.30. The number of nitrogens with zero attached hydrogens (tertiary/aromatic N) is 5. The van der Waals surface area contributed by atoms with Crippen LogP contribution in [0.15, 0.2) is 36.5 Å². The molecular weight excluding hydrogens is 394 g/mol. The van der Waals surface area contributed by atoms with E-state index in [2.05, 4.69) is 10.6 Å². The zero-order valence-corrected chi connectivity index (χ0v) is 18.2. The molecule has 1 aliphatic rings. The third-order valence-corrected chi connectivity index (χ3v) is 5.94. The normalized spacial score (nSPS) is 18.8. The summed E-state index contributed by atoms with van der Waals surface area (Å²) in [6, 6.07) is 10.5. The lowest BCUT2D eigenvalue weighted by atomic mass is 9.91. The molecule has 1 fully saturated rings. The third-order valence-electron chi connectivity index (χ3n) is 5.94. The molecule has 9 heteroatoms. The predicted molar refractivity (Wildman–Crippen MR) is 122 cm³/mol. The summed E-state index contributed by atoms with van der Waals surface area (Å²) in [5, 5.41) is 19.1. The van der Waals surface area contributed by atoms with E-state index in [4.69, 9.17) is 9.97 Å². The van der Waals surface area contributed by atoms with Crippen molar-refractivity contribution in [2.45, 2.75) is 44.3 Å². The number of para-hydroxylation sites is 1. The molecular formula is C22H29N7O2. The van der Waals surface area contributed by atoms with Gasteiger partial charge in [0.2, 0.25) is 5.95 Å². The average molecular weight is 424 g/mol. The van der Waals surface area contributed by atoms with Gasteiger partial charge < -0.3 is 20.1 Å². The molecule has 0 saturated heterocycles. The molecule has 164 valence electrons. The van der Waals surface area contributed by atoms with Gasteiger partial charge in [0.05, 0.1) is 16.6 Å². The molecule has 3 aromatic rings. The average Bonchev–Trinajstić information content (AvgIpc) is 3.13. The Labute approximate surface area is 181 Å². The number of nitro groups is 1. The maximum Gasteiger partial charge on any atom is 0.287 e. The van der Waals surface area contributed by atoms with Crippen LogP contribution in [-0.2, 0) is 13.6 Å². The minimum Gasteiger partial charge on any atom is -0.362 e. The van der Waals surface area contributed by atoms with E-state index in [1.54, 1.807) is 12.3 Å². The molecule has 0 atom stereocenters. The van der Waals surface area contributed by atoms with Crippen molar-refractivity contribution in [3.63, 3.8) is 0 Å². The van der Waals surface area contributed by atoms with Crippen LogP contribution in [0.4, 0.5) is 17.5 Å². The van der Waals surface area contributed by atoms with Gasteiger partial charge in [-0.1, -0.05) is 12.1 Å². The van der Waals surface area contributed by atoms with E-state index < -0.39 is 0 Å². The van der Waals surface area contributed by atoms with E-state index in [9.17, 15) is 10.1 Å². The van der Waals surface area contributed by atoms with Crippen molar-refractivity contribution >= 4 is 28.4 Å². The zero-order chi connectivity index (χ0) is 22.0. The van der Waals surface area contributed by atoms with Crippen LogP contribution in [0.2, 0.25) is 0 Å². The summed E-state index contributed by atoms with van der Waals surface area (Å²) in [5.41, 5.74) is 2.00. The Kier molecular flexibility index (Phi) is 6.03. The van der Waals surface area contributed by atoms with Gasteiger partial charge in [-0.3, -0.25) is 10.1 Å². The predicted octanol–water partition coefficient (Wildman–Crippen LogP) is 3.46. The van der Waals surface area contributed by atoms with Crippen LogP contribution in [-0.4, -0.2) is 45.6 Å². The second-order valence-corrected chi connectivity index (χ2v) is 8.41.